The molecule has 0 saturated carbocycles. The Morgan fingerprint density at radius 1 is 1.78 bits per heavy atom. The number of ether oxygens (including phenoxy) is 1. The van der Waals surface area contributed by atoms with Gasteiger partial charge >= 0.3 is 6.03 Å². The smallest absolute Gasteiger partial charge is 0.314 e. The summed E-state index contributed by atoms with van der Waals surface area (Å²) in [6, 6.07) is -0.358. The minimum absolute atomic E-state index is 0.206. The van der Waals surface area contributed by atoms with E-state index in [4.69, 9.17) is 10.5 Å². The van der Waals surface area contributed by atoms with E-state index in [0.29, 0.717) is 13.1 Å². The molecule has 1 heterocycles. The van der Waals surface area contributed by atoms with Gasteiger partial charge in [0.25, 0.3) is 0 Å². The van der Waals surface area contributed by atoms with E-state index in [0.717, 1.165) is 0 Å². The maximum atomic E-state index is 10.3. The van der Waals surface area contributed by atoms with Gasteiger partial charge in [-0.3, -0.25) is 0 Å². The largest absolute Gasteiger partial charge is 0.378 e. The fraction of sp³-hybridized carbons (Fsp3) is 0.800. The van der Waals surface area contributed by atoms with Crippen molar-refractivity contribution in [3.05, 3.63) is 0 Å². The normalized spacial score (nSPS) is 19.4. The van der Waals surface area contributed by atoms with Crippen LogP contribution in [0.3, 0.4) is 0 Å². The standard InChI is InChI=1S/C5H10N2O2/c1-9-4-2-7(3-4)5(6)8/h4H,2-3H2,1H3,(H2,6,8). The van der Waals surface area contributed by atoms with Gasteiger partial charge in [-0.2, -0.15) is 0 Å². The van der Waals surface area contributed by atoms with E-state index in [1.165, 1.54) is 4.90 Å². The molecule has 1 rings (SSSR count). The summed E-state index contributed by atoms with van der Waals surface area (Å²) in [5.41, 5.74) is 4.95. The molecule has 0 aromatic rings. The minimum atomic E-state index is -0.358. The molecule has 1 saturated heterocycles. The molecule has 4 heteroatoms. The van der Waals surface area contributed by atoms with Gasteiger partial charge in [-0.1, -0.05) is 0 Å². The van der Waals surface area contributed by atoms with Crippen molar-refractivity contribution in [3.63, 3.8) is 0 Å². The van der Waals surface area contributed by atoms with Crippen molar-refractivity contribution in [2.45, 2.75) is 6.10 Å². The van der Waals surface area contributed by atoms with Crippen LogP contribution < -0.4 is 5.73 Å². The van der Waals surface area contributed by atoms with E-state index in [9.17, 15) is 4.79 Å². The number of hydrogen-bond acceptors (Lipinski definition) is 2. The lowest BCUT2D eigenvalue weighted by Crippen LogP contribution is -2.56. The summed E-state index contributed by atoms with van der Waals surface area (Å²) in [7, 11) is 1.63. The summed E-state index contributed by atoms with van der Waals surface area (Å²) >= 11 is 0. The van der Waals surface area contributed by atoms with Crippen molar-refractivity contribution in [1.82, 2.24) is 4.90 Å². The third-order valence-electron chi connectivity index (χ3n) is 1.49. The lowest BCUT2D eigenvalue weighted by Gasteiger charge is -2.36. The van der Waals surface area contributed by atoms with Crippen LogP contribution in [0.15, 0.2) is 0 Å². The average Bonchev–Trinajstić information content (AvgIpc) is 1.61. The van der Waals surface area contributed by atoms with Crippen LogP contribution in [0.25, 0.3) is 0 Å². The molecule has 1 fully saturated rings. The summed E-state index contributed by atoms with van der Waals surface area (Å²) in [4.78, 5) is 11.9. The van der Waals surface area contributed by atoms with Gasteiger partial charge in [0.15, 0.2) is 0 Å². The Bertz CT molecular complexity index is 120. The van der Waals surface area contributed by atoms with E-state index in [1.807, 2.05) is 0 Å². The average molecular weight is 130 g/mol. The van der Waals surface area contributed by atoms with Crippen molar-refractivity contribution in [2.75, 3.05) is 20.2 Å². The fourth-order valence-electron chi connectivity index (χ4n) is 0.767. The van der Waals surface area contributed by atoms with Crippen LogP contribution in [0.2, 0.25) is 0 Å². The third kappa shape index (κ3) is 1.13. The molecule has 9 heavy (non-hydrogen) atoms. The molecule has 52 valence electrons. The number of amides is 2. The molecule has 1 aliphatic heterocycles. The molecule has 0 aliphatic carbocycles. The van der Waals surface area contributed by atoms with Crippen molar-refractivity contribution < 1.29 is 9.53 Å². The van der Waals surface area contributed by atoms with Crippen LogP contribution in [-0.2, 0) is 4.74 Å². The molecule has 0 radical (unpaired) electrons. The van der Waals surface area contributed by atoms with Crippen molar-refractivity contribution in [1.29, 1.82) is 0 Å². The van der Waals surface area contributed by atoms with Crippen LogP contribution in [-0.4, -0.2) is 37.2 Å². The first-order valence-electron chi connectivity index (χ1n) is 2.81. The second kappa shape index (κ2) is 2.23. The van der Waals surface area contributed by atoms with Gasteiger partial charge in [-0.15, -0.1) is 0 Å². The second-order valence-electron chi connectivity index (χ2n) is 2.10. The molecule has 2 N–H and O–H groups in total. The van der Waals surface area contributed by atoms with E-state index < -0.39 is 0 Å². The van der Waals surface area contributed by atoms with E-state index in [-0.39, 0.29) is 12.1 Å². The van der Waals surface area contributed by atoms with Gasteiger partial charge < -0.3 is 15.4 Å². The van der Waals surface area contributed by atoms with E-state index in [2.05, 4.69) is 0 Å². The zero-order valence-electron chi connectivity index (χ0n) is 5.33. The number of nitrogens with two attached hydrogens (primary N) is 1. The van der Waals surface area contributed by atoms with Gasteiger partial charge in [0.2, 0.25) is 0 Å². The van der Waals surface area contributed by atoms with Crippen molar-refractivity contribution in [3.8, 4) is 0 Å². The Balaban J connectivity index is 2.19. The predicted octanol–water partition coefficient (Wildman–Crippen LogP) is -0.604. The van der Waals surface area contributed by atoms with Crippen molar-refractivity contribution >= 4 is 6.03 Å². The summed E-state index contributed by atoms with van der Waals surface area (Å²) in [6.07, 6.45) is 0.206. The second-order valence-corrected chi connectivity index (χ2v) is 2.10. The zero-order chi connectivity index (χ0) is 6.85. The Labute approximate surface area is 53.6 Å². The van der Waals surface area contributed by atoms with Crippen LogP contribution in [0.5, 0.6) is 0 Å². The number of carbonyl (C=O) groups is 1. The third-order valence-corrected chi connectivity index (χ3v) is 1.49. The van der Waals surface area contributed by atoms with Gasteiger partial charge in [-0.25, -0.2) is 4.79 Å². The first-order chi connectivity index (χ1) is 4.24. The molecular formula is C5H10N2O2. The predicted molar refractivity (Wildman–Crippen MR) is 32.0 cm³/mol. The Morgan fingerprint density at radius 3 is 2.67 bits per heavy atom. The maximum absolute atomic E-state index is 10.3. The van der Waals surface area contributed by atoms with Crippen LogP contribution in [0.1, 0.15) is 0 Å². The fourth-order valence-corrected chi connectivity index (χ4v) is 0.767. The van der Waals surface area contributed by atoms with Crippen LogP contribution in [0, 0.1) is 0 Å². The highest BCUT2D eigenvalue weighted by molar-refractivity contribution is 5.72. The van der Waals surface area contributed by atoms with Gasteiger partial charge in [0, 0.05) is 7.11 Å². The number of nitrogens with zero attached hydrogens (tertiary/aromatic N) is 1. The van der Waals surface area contributed by atoms with Gasteiger partial charge in [-0.05, 0) is 0 Å². The quantitative estimate of drug-likeness (QED) is 0.515. The summed E-state index contributed by atoms with van der Waals surface area (Å²) in [5.74, 6) is 0. The molecule has 4 nitrogen and oxygen atoms in total. The Morgan fingerprint density at radius 2 is 2.33 bits per heavy atom. The molecule has 1 aliphatic rings. The number of methoxy groups -OCH3 is 1. The van der Waals surface area contributed by atoms with E-state index >= 15 is 0 Å². The van der Waals surface area contributed by atoms with E-state index in [1.54, 1.807) is 7.11 Å². The topological polar surface area (TPSA) is 55.6 Å². The van der Waals surface area contributed by atoms with Crippen molar-refractivity contribution in [2.24, 2.45) is 5.73 Å². The SMILES string of the molecule is COC1CN(C(N)=O)C1. The summed E-state index contributed by atoms with van der Waals surface area (Å²) in [5, 5.41) is 0. The Kier molecular flexibility index (Phi) is 1.57. The molecule has 2 amide bonds. The molecule has 0 unspecified atom stereocenters. The zero-order valence-corrected chi connectivity index (χ0v) is 5.33. The van der Waals surface area contributed by atoms with Gasteiger partial charge in [0.1, 0.15) is 0 Å². The number of likely N-dealkylation sites (tertiary alicyclic amines) is 1. The summed E-state index contributed by atoms with van der Waals surface area (Å²) in [6.45, 7) is 1.29. The molecule has 0 spiro atoms. The summed E-state index contributed by atoms with van der Waals surface area (Å²) < 4.78 is 4.92. The number of rotatable bonds is 1. The lowest BCUT2D eigenvalue weighted by atomic mass is 10.2. The molecular weight excluding hydrogens is 120 g/mol. The van der Waals surface area contributed by atoms with Crippen LogP contribution >= 0.6 is 0 Å². The van der Waals surface area contributed by atoms with Gasteiger partial charge in [0.05, 0.1) is 19.2 Å². The highest BCUT2D eigenvalue weighted by Crippen LogP contribution is 2.08. The first-order valence-corrected chi connectivity index (χ1v) is 2.81. The number of urea groups is 1. The lowest BCUT2D eigenvalue weighted by molar-refractivity contribution is -0.00567. The first kappa shape index (κ1) is 6.35. The molecule has 0 aromatic carbocycles. The molecule has 0 aromatic heterocycles. The number of primary amides is 1. The number of carbonyl (C=O) groups excluding carboxylic acids is 1. The minimum Gasteiger partial charge on any atom is -0.378 e. The molecule has 0 bridgehead atoms. The highest BCUT2D eigenvalue weighted by Gasteiger charge is 2.28. The molecule has 0 atom stereocenters. The maximum Gasteiger partial charge on any atom is 0.314 e. The monoisotopic (exact) mass is 130 g/mol. The number of hydrogen-bond donors (Lipinski definition) is 1. The Hall–Kier alpha value is -0.770. The highest BCUT2D eigenvalue weighted by atomic mass is 16.5. The van der Waals surface area contributed by atoms with Crippen LogP contribution in [0.4, 0.5) is 4.79 Å².